The quantitative estimate of drug-likeness (QED) is 0.323. The SMILES string of the molecule is COc1cccc(C(O)=C2C(=O)C(=O)N(CCCn3ccnc3)[C@@H]2c2cccc(OC)c2)c1. The van der Waals surface area contributed by atoms with Crippen molar-refractivity contribution in [1.29, 1.82) is 0 Å². The zero-order valence-electron chi connectivity index (χ0n) is 18.5. The molecule has 8 nitrogen and oxygen atoms in total. The molecule has 1 fully saturated rings. The van der Waals surface area contributed by atoms with Crippen molar-refractivity contribution in [3.05, 3.63) is 84.0 Å². The second-order valence-corrected chi connectivity index (χ2v) is 7.66. The number of Topliss-reactive ketones (excluding diaryl/α,β-unsaturated/α-hetero) is 1. The Balaban J connectivity index is 1.76. The Kier molecular flexibility index (Phi) is 6.44. The van der Waals surface area contributed by atoms with E-state index in [2.05, 4.69) is 4.98 Å². The van der Waals surface area contributed by atoms with Gasteiger partial charge < -0.3 is 24.0 Å². The molecule has 0 unspecified atom stereocenters. The highest BCUT2D eigenvalue weighted by Crippen LogP contribution is 2.40. The predicted octanol–water partition coefficient (Wildman–Crippen LogP) is 3.41. The summed E-state index contributed by atoms with van der Waals surface area (Å²) < 4.78 is 12.5. The molecule has 0 radical (unpaired) electrons. The molecule has 1 N–H and O–H groups in total. The first-order valence-electron chi connectivity index (χ1n) is 10.6. The highest BCUT2D eigenvalue weighted by molar-refractivity contribution is 6.46. The van der Waals surface area contributed by atoms with Crippen molar-refractivity contribution in [1.82, 2.24) is 14.5 Å². The number of hydrogen-bond donors (Lipinski definition) is 1. The molecule has 1 atom stereocenters. The van der Waals surface area contributed by atoms with Crippen molar-refractivity contribution in [3.8, 4) is 11.5 Å². The van der Waals surface area contributed by atoms with Crippen LogP contribution >= 0.6 is 0 Å². The van der Waals surface area contributed by atoms with Gasteiger partial charge in [-0.3, -0.25) is 9.59 Å². The number of hydrogen-bond acceptors (Lipinski definition) is 6. The molecule has 3 aromatic rings. The molecule has 0 aliphatic carbocycles. The lowest BCUT2D eigenvalue weighted by atomic mass is 9.95. The van der Waals surface area contributed by atoms with E-state index in [9.17, 15) is 14.7 Å². The number of benzene rings is 2. The largest absolute Gasteiger partial charge is 0.507 e. The summed E-state index contributed by atoms with van der Waals surface area (Å²) in [6.45, 7) is 0.975. The highest BCUT2D eigenvalue weighted by Gasteiger charge is 2.45. The summed E-state index contributed by atoms with van der Waals surface area (Å²) in [4.78, 5) is 31.7. The zero-order chi connectivity index (χ0) is 23.4. The Hall–Kier alpha value is -4.07. The van der Waals surface area contributed by atoms with Gasteiger partial charge in [0.2, 0.25) is 0 Å². The Bertz CT molecular complexity index is 1190. The molecule has 0 bridgehead atoms. The number of aromatic nitrogens is 2. The molecule has 1 saturated heterocycles. The van der Waals surface area contributed by atoms with E-state index in [0.717, 1.165) is 0 Å². The first-order chi connectivity index (χ1) is 16.0. The van der Waals surface area contributed by atoms with Crippen molar-refractivity contribution >= 4 is 17.4 Å². The normalized spacial score (nSPS) is 17.4. The van der Waals surface area contributed by atoms with Crippen LogP contribution in [0.3, 0.4) is 0 Å². The maximum Gasteiger partial charge on any atom is 0.295 e. The number of carbonyl (C=O) groups is 2. The van der Waals surface area contributed by atoms with E-state index in [-0.39, 0.29) is 11.3 Å². The molecule has 1 amide bonds. The van der Waals surface area contributed by atoms with E-state index in [1.807, 2.05) is 16.8 Å². The monoisotopic (exact) mass is 447 g/mol. The fourth-order valence-corrected chi connectivity index (χ4v) is 4.04. The minimum atomic E-state index is -0.742. The number of ether oxygens (including phenoxy) is 2. The Labute approximate surface area is 191 Å². The lowest BCUT2D eigenvalue weighted by Gasteiger charge is -2.25. The molecule has 170 valence electrons. The van der Waals surface area contributed by atoms with Crippen molar-refractivity contribution in [2.24, 2.45) is 0 Å². The Morgan fingerprint density at radius 3 is 2.45 bits per heavy atom. The van der Waals surface area contributed by atoms with Gasteiger partial charge in [0.25, 0.3) is 11.7 Å². The van der Waals surface area contributed by atoms with Gasteiger partial charge in [0.1, 0.15) is 17.3 Å². The maximum absolute atomic E-state index is 13.1. The average molecular weight is 447 g/mol. The van der Waals surface area contributed by atoms with Gasteiger partial charge in [0, 0.05) is 31.0 Å². The lowest BCUT2D eigenvalue weighted by Crippen LogP contribution is -2.31. The summed E-state index contributed by atoms with van der Waals surface area (Å²) in [5.41, 5.74) is 1.13. The van der Waals surface area contributed by atoms with E-state index < -0.39 is 17.7 Å². The highest BCUT2D eigenvalue weighted by atomic mass is 16.5. The summed E-state index contributed by atoms with van der Waals surface area (Å²) in [7, 11) is 3.08. The summed E-state index contributed by atoms with van der Waals surface area (Å²) in [6, 6.07) is 13.2. The number of imidazole rings is 1. The smallest absolute Gasteiger partial charge is 0.295 e. The summed E-state index contributed by atoms with van der Waals surface area (Å²) in [5, 5.41) is 11.2. The van der Waals surface area contributed by atoms with E-state index in [1.165, 1.54) is 12.0 Å². The summed E-state index contributed by atoms with van der Waals surface area (Å²) in [5.74, 6) is -0.467. The van der Waals surface area contributed by atoms with Crippen molar-refractivity contribution in [3.63, 3.8) is 0 Å². The van der Waals surface area contributed by atoms with Crippen LogP contribution in [-0.4, -0.2) is 52.0 Å². The zero-order valence-corrected chi connectivity index (χ0v) is 18.5. The Morgan fingerprint density at radius 2 is 1.76 bits per heavy atom. The van der Waals surface area contributed by atoms with E-state index in [1.54, 1.807) is 62.1 Å². The van der Waals surface area contributed by atoms with Gasteiger partial charge in [-0.2, -0.15) is 0 Å². The standard InChI is InChI=1S/C25H25N3O5/c1-32-19-8-3-6-17(14-19)22-21(23(29)18-7-4-9-20(15-18)33-2)24(30)25(31)28(22)12-5-11-27-13-10-26-16-27/h3-4,6-10,13-16,22,29H,5,11-12H2,1-2H3/t22-/m1/s1. The predicted molar refractivity (Wildman–Crippen MR) is 122 cm³/mol. The third kappa shape index (κ3) is 4.45. The van der Waals surface area contributed by atoms with Gasteiger partial charge in [0.15, 0.2) is 0 Å². The first-order valence-corrected chi connectivity index (χ1v) is 10.6. The van der Waals surface area contributed by atoms with Crippen LogP contribution < -0.4 is 9.47 Å². The molecule has 0 saturated carbocycles. The molecule has 2 heterocycles. The van der Waals surface area contributed by atoms with E-state index in [4.69, 9.17) is 9.47 Å². The number of aliphatic hydroxyl groups excluding tert-OH is 1. The molecule has 8 heteroatoms. The van der Waals surface area contributed by atoms with Crippen LogP contribution in [-0.2, 0) is 16.1 Å². The van der Waals surface area contributed by atoms with Crippen LogP contribution in [0.15, 0.2) is 72.8 Å². The maximum atomic E-state index is 13.1. The number of carbonyl (C=O) groups excluding carboxylic acids is 2. The van der Waals surface area contributed by atoms with Gasteiger partial charge in [-0.15, -0.1) is 0 Å². The second kappa shape index (κ2) is 9.60. The number of ketones is 1. The first kappa shape index (κ1) is 22.1. The molecular weight excluding hydrogens is 422 g/mol. The number of rotatable bonds is 8. The topological polar surface area (TPSA) is 93.9 Å². The third-order valence-electron chi connectivity index (χ3n) is 5.67. The number of aliphatic hydroxyl groups is 1. The van der Waals surface area contributed by atoms with Crippen molar-refractivity contribution in [2.45, 2.75) is 19.0 Å². The Morgan fingerprint density at radius 1 is 1.03 bits per heavy atom. The number of nitrogens with zero attached hydrogens (tertiary/aromatic N) is 3. The van der Waals surface area contributed by atoms with Crippen LogP contribution in [0, 0.1) is 0 Å². The average Bonchev–Trinajstić information content (AvgIpc) is 3.46. The number of aryl methyl sites for hydroxylation is 1. The van der Waals surface area contributed by atoms with E-state index in [0.29, 0.717) is 42.1 Å². The molecule has 2 aromatic carbocycles. The fraction of sp³-hybridized carbons (Fsp3) is 0.240. The molecular formula is C25H25N3O5. The van der Waals surface area contributed by atoms with Gasteiger partial charge >= 0.3 is 0 Å². The van der Waals surface area contributed by atoms with E-state index >= 15 is 0 Å². The number of likely N-dealkylation sites (tertiary alicyclic amines) is 1. The summed E-state index contributed by atoms with van der Waals surface area (Å²) in [6.07, 6.45) is 5.85. The number of amides is 1. The van der Waals surface area contributed by atoms with Crippen molar-refractivity contribution in [2.75, 3.05) is 20.8 Å². The van der Waals surface area contributed by atoms with Crippen LogP contribution in [0.25, 0.3) is 5.76 Å². The molecule has 1 aromatic heterocycles. The second-order valence-electron chi connectivity index (χ2n) is 7.66. The summed E-state index contributed by atoms with van der Waals surface area (Å²) >= 11 is 0. The molecule has 33 heavy (non-hydrogen) atoms. The van der Waals surface area contributed by atoms with Crippen LogP contribution in [0.5, 0.6) is 11.5 Å². The fourth-order valence-electron chi connectivity index (χ4n) is 4.04. The minimum absolute atomic E-state index is 0.0455. The lowest BCUT2D eigenvalue weighted by molar-refractivity contribution is -0.139. The van der Waals surface area contributed by atoms with Gasteiger partial charge in [-0.25, -0.2) is 4.98 Å². The molecule has 4 rings (SSSR count). The van der Waals surface area contributed by atoms with Crippen LogP contribution in [0.1, 0.15) is 23.6 Å². The van der Waals surface area contributed by atoms with Crippen molar-refractivity contribution < 1.29 is 24.2 Å². The molecule has 1 aliphatic heterocycles. The van der Waals surface area contributed by atoms with Gasteiger partial charge in [-0.05, 0) is 36.2 Å². The molecule has 0 spiro atoms. The third-order valence-corrected chi connectivity index (χ3v) is 5.67. The number of methoxy groups -OCH3 is 2. The van der Waals surface area contributed by atoms with Gasteiger partial charge in [-0.1, -0.05) is 24.3 Å². The molecule has 1 aliphatic rings. The van der Waals surface area contributed by atoms with Crippen LogP contribution in [0.4, 0.5) is 0 Å². The minimum Gasteiger partial charge on any atom is -0.507 e. The van der Waals surface area contributed by atoms with Crippen LogP contribution in [0.2, 0.25) is 0 Å². The van der Waals surface area contributed by atoms with Gasteiger partial charge in [0.05, 0.1) is 32.2 Å².